The highest BCUT2D eigenvalue weighted by Gasteiger charge is 2.26. The average Bonchev–Trinajstić information content (AvgIpc) is 3.46. The van der Waals surface area contributed by atoms with Crippen molar-refractivity contribution in [1.29, 1.82) is 0 Å². The van der Waals surface area contributed by atoms with Crippen LogP contribution in [-0.2, 0) is 0 Å². The molecule has 1 saturated heterocycles. The molecular formula is C30H33FN6O2S. The molecule has 1 fully saturated rings. The number of aromatic nitrogens is 3. The Bertz CT molecular complexity index is 1460. The number of hydrogen-bond donors (Lipinski definition) is 1. The number of nitrogens with zero attached hydrogens (tertiary/aromatic N) is 5. The van der Waals surface area contributed by atoms with Crippen molar-refractivity contribution >= 4 is 28.6 Å². The molecule has 0 radical (unpaired) electrons. The Morgan fingerprint density at radius 1 is 1.25 bits per heavy atom. The SMILES string of the molecule is CCN(C)C[C@@H]1CCCN(c2c(NC(=O)c3csc(-c4ccnnc4)n3)ccc(Oc3cccc(F)c3)c2C)C1. The molecule has 1 aliphatic rings. The van der Waals surface area contributed by atoms with Gasteiger partial charge in [0.25, 0.3) is 5.91 Å². The predicted molar refractivity (Wildman–Crippen MR) is 157 cm³/mol. The minimum atomic E-state index is -0.358. The summed E-state index contributed by atoms with van der Waals surface area (Å²) in [5.41, 5.74) is 3.64. The zero-order chi connectivity index (χ0) is 28.1. The molecule has 4 aromatic rings. The van der Waals surface area contributed by atoms with Gasteiger partial charge in [0.15, 0.2) is 0 Å². The molecule has 1 aliphatic heterocycles. The quantitative estimate of drug-likeness (QED) is 0.259. The molecule has 3 heterocycles. The highest BCUT2D eigenvalue weighted by atomic mass is 32.1. The van der Waals surface area contributed by atoms with Crippen molar-refractivity contribution in [2.24, 2.45) is 5.92 Å². The van der Waals surface area contributed by atoms with Gasteiger partial charge in [-0.15, -0.1) is 11.3 Å². The number of anilines is 2. The summed E-state index contributed by atoms with van der Waals surface area (Å²) >= 11 is 1.38. The molecule has 2 aromatic carbocycles. The number of carbonyl (C=O) groups excluding carboxylic acids is 1. The van der Waals surface area contributed by atoms with Gasteiger partial charge in [0.2, 0.25) is 0 Å². The Hall–Kier alpha value is -3.89. The number of hydrogen-bond acceptors (Lipinski definition) is 8. The van der Waals surface area contributed by atoms with Crippen molar-refractivity contribution in [1.82, 2.24) is 20.1 Å². The summed E-state index contributed by atoms with van der Waals surface area (Å²) in [4.78, 5) is 22.6. The lowest BCUT2D eigenvalue weighted by Crippen LogP contribution is -2.40. The summed E-state index contributed by atoms with van der Waals surface area (Å²) in [6.07, 6.45) is 5.44. The maximum Gasteiger partial charge on any atom is 0.275 e. The fraction of sp³-hybridized carbons (Fsp3) is 0.333. The van der Waals surface area contributed by atoms with Crippen LogP contribution in [0.5, 0.6) is 11.5 Å². The Balaban J connectivity index is 1.45. The van der Waals surface area contributed by atoms with E-state index >= 15 is 0 Å². The smallest absolute Gasteiger partial charge is 0.275 e. The molecule has 5 rings (SSSR count). The van der Waals surface area contributed by atoms with Crippen LogP contribution >= 0.6 is 11.3 Å². The summed E-state index contributed by atoms with van der Waals surface area (Å²) in [6.45, 7) is 7.90. The van der Waals surface area contributed by atoms with Crippen molar-refractivity contribution in [2.75, 3.05) is 43.4 Å². The normalized spacial score (nSPS) is 15.3. The lowest BCUT2D eigenvalue weighted by molar-refractivity contribution is 0.102. The molecule has 2 aromatic heterocycles. The molecule has 40 heavy (non-hydrogen) atoms. The zero-order valence-electron chi connectivity index (χ0n) is 22.9. The first kappa shape index (κ1) is 27.7. The maximum atomic E-state index is 13.8. The molecule has 0 bridgehead atoms. The van der Waals surface area contributed by atoms with Crippen LogP contribution in [-0.4, -0.2) is 59.2 Å². The van der Waals surface area contributed by atoms with E-state index in [-0.39, 0.29) is 11.7 Å². The molecule has 0 aliphatic carbocycles. The van der Waals surface area contributed by atoms with Gasteiger partial charge in [-0.2, -0.15) is 10.2 Å². The number of benzene rings is 2. The Morgan fingerprint density at radius 2 is 2.12 bits per heavy atom. The van der Waals surface area contributed by atoms with Gasteiger partial charge in [0, 0.05) is 42.2 Å². The standard InChI is InChI=1S/C30H33FN6O2S/c1-4-36(3)17-21-7-6-14-37(18-21)28-20(2)27(39-24-9-5-8-23(31)15-24)11-10-25(28)34-29(38)26-19-40-30(35-26)22-12-13-32-33-16-22/h5,8-13,15-16,19,21H,4,6-7,14,17-18H2,1-3H3,(H,34,38)/t21-/m0/s1. The number of halogens is 1. The summed E-state index contributed by atoms with van der Waals surface area (Å²) in [5, 5.41) is 13.3. The summed E-state index contributed by atoms with van der Waals surface area (Å²) in [5.74, 6) is 0.899. The number of amides is 1. The third-order valence-electron chi connectivity index (χ3n) is 7.17. The van der Waals surface area contributed by atoms with E-state index in [1.165, 1.54) is 23.5 Å². The zero-order valence-corrected chi connectivity index (χ0v) is 23.7. The molecule has 0 spiro atoms. The molecule has 0 unspecified atom stereocenters. The number of carbonyl (C=O) groups is 1. The van der Waals surface area contributed by atoms with Gasteiger partial charge in [-0.25, -0.2) is 9.37 Å². The molecule has 1 amide bonds. The van der Waals surface area contributed by atoms with Crippen molar-refractivity contribution in [2.45, 2.75) is 26.7 Å². The minimum absolute atomic E-state index is 0.289. The molecule has 1 atom stereocenters. The van der Waals surface area contributed by atoms with Crippen molar-refractivity contribution in [3.63, 3.8) is 0 Å². The van der Waals surface area contributed by atoms with Crippen LogP contribution in [0, 0.1) is 18.7 Å². The number of piperidine rings is 1. The van der Waals surface area contributed by atoms with Gasteiger partial charge in [-0.05, 0) is 69.6 Å². The van der Waals surface area contributed by atoms with Crippen LogP contribution in [0.25, 0.3) is 10.6 Å². The van der Waals surface area contributed by atoms with Gasteiger partial charge >= 0.3 is 0 Å². The van der Waals surface area contributed by atoms with Crippen LogP contribution in [0.4, 0.5) is 15.8 Å². The van der Waals surface area contributed by atoms with E-state index in [2.05, 4.69) is 44.3 Å². The molecule has 8 nitrogen and oxygen atoms in total. The van der Waals surface area contributed by atoms with Crippen LogP contribution in [0.1, 0.15) is 35.8 Å². The second-order valence-electron chi connectivity index (χ2n) is 10.1. The van der Waals surface area contributed by atoms with Gasteiger partial charge in [0.05, 0.1) is 23.8 Å². The first-order valence-corrected chi connectivity index (χ1v) is 14.3. The van der Waals surface area contributed by atoms with E-state index < -0.39 is 0 Å². The third-order valence-corrected chi connectivity index (χ3v) is 8.06. The Kier molecular flexibility index (Phi) is 8.66. The molecular weight excluding hydrogens is 527 g/mol. The first-order chi connectivity index (χ1) is 19.4. The van der Waals surface area contributed by atoms with E-state index in [0.717, 1.165) is 55.8 Å². The largest absolute Gasteiger partial charge is 0.457 e. The molecule has 0 saturated carbocycles. The maximum absolute atomic E-state index is 13.8. The van der Waals surface area contributed by atoms with E-state index in [0.29, 0.717) is 33.8 Å². The number of thiazole rings is 1. The Labute approximate surface area is 237 Å². The highest BCUT2D eigenvalue weighted by Crippen LogP contribution is 2.40. The fourth-order valence-electron chi connectivity index (χ4n) is 5.06. The minimum Gasteiger partial charge on any atom is -0.457 e. The molecule has 10 heteroatoms. The van der Waals surface area contributed by atoms with E-state index in [9.17, 15) is 9.18 Å². The predicted octanol–water partition coefficient (Wildman–Crippen LogP) is 6.26. The van der Waals surface area contributed by atoms with Gasteiger partial charge < -0.3 is 19.9 Å². The number of ether oxygens (including phenoxy) is 1. The van der Waals surface area contributed by atoms with Crippen LogP contribution in [0.15, 0.2) is 60.2 Å². The molecule has 208 valence electrons. The van der Waals surface area contributed by atoms with Gasteiger partial charge in [0.1, 0.15) is 28.0 Å². The number of nitrogens with one attached hydrogen (secondary N) is 1. The number of rotatable bonds is 9. The van der Waals surface area contributed by atoms with E-state index in [1.54, 1.807) is 29.9 Å². The first-order valence-electron chi connectivity index (χ1n) is 13.5. The summed E-state index contributed by atoms with van der Waals surface area (Å²) < 4.78 is 20.0. The third kappa shape index (κ3) is 6.46. The topological polar surface area (TPSA) is 83.5 Å². The fourth-order valence-corrected chi connectivity index (χ4v) is 5.85. The van der Waals surface area contributed by atoms with Gasteiger partial charge in [-0.1, -0.05) is 13.0 Å². The van der Waals surface area contributed by atoms with E-state index in [4.69, 9.17) is 4.74 Å². The van der Waals surface area contributed by atoms with Crippen LogP contribution < -0.4 is 15.0 Å². The lowest BCUT2D eigenvalue weighted by atomic mass is 9.96. The molecule has 1 N–H and O–H groups in total. The highest BCUT2D eigenvalue weighted by molar-refractivity contribution is 7.13. The lowest BCUT2D eigenvalue weighted by Gasteiger charge is -2.38. The van der Waals surface area contributed by atoms with Crippen LogP contribution in [0.2, 0.25) is 0 Å². The van der Waals surface area contributed by atoms with Crippen molar-refractivity contribution < 1.29 is 13.9 Å². The van der Waals surface area contributed by atoms with Crippen molar-refractivity contribution in [3.05, 3.63) is 77.3 Å². The van der Waals surface area contributed by atoms with E-state index in [1.807, 2.05) is 25.1 Å². The van der Waals surface area contributed by atoms with Crippen LogP contribution in [0.3, 0.4) is 0 Å². The summed E-state index contributed by atoms with van der Waals surface area (Å²) in [7, 11) is 2.15. The second kappa shape index (κ2) is 12.5. The Morgan fingerprint density at radius 3 is 2.90 bits per heavy atom. The summed E-state index contributed by atoms with van der Waals surface area (Å²) in [6, 6.07) is 11.6. The van der Waals surface area contributed by atoms with Gasteiger partial charge in [-0.3, -0.25) is 4.79 Å². The second-order valence-corrected chi connectivity index (χ2v) is 10.9. The average molecular weight is 561 g/mol. The monoisotopic (exact) mass is 560 g/mol. The van der Waals surface area contributed by atoms with Crippen molar-refractivity contribution in [3.8, 4) is 22.1 Å².